The quantitative estimate of drug-likeness (QED) is 0.344. The first-order valence-electron chi connectivity index (χ1n) is 6.50. The Morgan fingerprint density at radius 1 is 0.920 bits per heavy atom. The lowest BCUT2D eigenvalue weighted by molar-refractivity contribution is -0.385. The molecule has 0 saturated carbocycles. The maximum Gasteiger partial charge on any atom is 0.295 e. The second-order valence-corrected chi connectivity index (χ2v) is 7.65. The Balaban J connectivity index is 2.50. The monoisotopic (exact) mass is 385 g/mol. The number of nitrogens with zero attached hydrogens (tertiary/aromatic N) is 1. The third-order valence-electron chi connectivity index (χ3n) is 3.10. The smallest absolute Gasteiger partial charge is 0.282 e. The van der Waals surface area contributed by atoms with Crippen LogP contribution >= 0.6 is 0 Å². The Hall–Kier alpha value is -2.60. The molecule has 2 rings (SSSR count). The first-order chi connectivity index (χ1) is 11.5. The van der Waals surface area contributed by atoms with Gasteiger partial charge in [0, 0.05) is 12.1 Å². The number of nitro groups is 1. The highest BCUT2D eigenvalue weighted by atomic mass is 32.2. The minimum absolute atomic E-state index is 0.0367. The molecule has 0 aliphatic carbocycles. The molecule has 0 atom stereocenters. The van der Waals surface area contributed by atoms with Crippen molar-refractivity contribution in [3.63, 3.8) is 0 Å². The molecule has 0 fully saturated rings. The summed E-state index contributed by atoms with van der Waals surface area (Å²) < 4.78 is 63.3. The predicted molar refractivity (Wildman–Crippen MR) is 88.1 cm³/mol. The average Bonchev–Trinajstić information content (AvgIpc) is 2.51. The fourth-order valence-corrected chi connectivity index (χ4v) is 3.20. The summed E-state index contributed by atoms with van der Waals surface area (Å²) in [5.74, 6) is 0. The van der Waals surface area contributed by atoms with Gasteiger partial charge in [-0.2, -0.15) is 16.8 Å². The zero-order valence-corrected chi connectivity index (χ0v) is 13.9. The Bertz CT molecular complexity index is 1070. The molecule has 0 spiro atoms. The fraction of sp³-hybridized carbons (Fsp3) is 0. The van der Waals surface area contributed by atoms with E-state index >= 15 is 0 Å². The summed E-state index contributed by atoms with van der Waals surface area (Å²) in [6, 6.07) is 8.06. The Kier molecular flexibility index (Phi) is 5.04. The Morgan fingerprint density at radius 3 is 2.16 bits per heavy atom. The molecule has 0 radical (unpaired) electrons. The summed E-state index contributed by atoms with van der Waals surface area (Å²) >= 11 is 0. The summed E-state index contributed by atoms with van der Waals surface area (Å²) in [6.07, 6.45) is 2.56. The van der Waals surface area contributed by atoms with Gasteiger partial charge >= 0.3 is 0 Å². The van der Waals surface area contributed by atoms with Gasteiger partial charge in [0.1, 0.15) is 4.90 Å². The third-order valence-corrected chi connectivity index (χ3v) is 4.86. The second kappa shape index (κ2) is 6.72. The van der Waals surface area contributed by atoms with Crippen molar-refractivity contribution in [1.29, 1.82) is 0 Å². The van der Waals surface area contributed by atoms with Crippen molar-refractivity contribution in [2.24, 2.45) is 0 Å². The summed E-state index contributed by atoms with van der Waals surface area (Å²) in [7, 11) is -9.12. The highest BCUT2D eigenvalue weighted by Crippen LogP contribution is 2.24. The van der Waals surface area contributed by atoms with Crippen molar-refractivity contribution in [2.75, 3.05) is 0 Å². The molecule has 2 aromatic carbocycles. The Labute approximate surface area is 142 Å². The minimum Gasteiger partial charge on any atom is -0.282 e. The van der Waals surface area contributed by atoms with Gasteiger partial charge < -0.3 is 0 Å². The molecule has 25 heavy (non-hydrogen) atoms. The van der Waals surface area contributed by atoms with Crippen molar-refractivity contribution in [1.82, 2.24) is 0 Å². The molecule has 0 heterocycles. The minimum atomic E-state index is -4.72. The second-order valence-electron chi connectivity index (χ2n) is 4.84. The van der Waals surface area contributed by atoms with Crippen LogP contribution in [0.25, 0.3) is 12.2 Å². The summed E-state index contributed by atoms with van der Waals surface area (Å²) in [4.78, 5) is 8.91. The summed E-state index contributed by atoms with van der Waals surface area (Å²) in [5, 5.41) is 10.7. The molecule has 132 valence electrons. The maximum absolute atomic E-state index is 11.4. The molecule has 0 bridgehead atoms. The van der Waals surface area contributed by atoms with E-state index in [2.05, 4.69) is 0 Å². The lowest BCUT2D eigenvalue weighted by Crippen LogP contribution is -2.02. The third kappa shape index (κ3) is 4.70. The van der Waals surface area contributed by atoms with E-state index in [0.717, 1.165) is 18.2 Å². The van der Waals surface area contributed by atoms with Gasteiger partial charge in [0.15, 0.2) is 0 Å². The van der Waals surface area contributed by atoms with Gasteiger partial charge in [0.2, 0.25) is 0 Å². The van der Waals surface area contributed by atoms with E-state index in [1.165, 1.54) is 30.4 Å². The number of nitro benzene ring substituents is 1. The highest BCUT2D eigenvalue weighted by Gasteiger charge is 2.18. The largest absolute Gasteiger partial charge is 0.295 e. The van der Waals surface area contributed by atoms with Gasteiger partial charge in [0.25, 0.3) is 25.9 Å². The molecular formula is C14H11NO8S2. The standard InChI is InChI=1S/C14H11NO8S2/c16-15(17)12-7-6-11(14(9-12)25(21,22)23)5-4-10-2-1-3-13(8-10)24(18,19)20/h1-9H,(H,18,19,20)(H,21,22,23). The number of rotatable bonds is 5. The molecule has 11 heteroatoms. The number of hydrogen-bond donors (Lipinski definition) is 2. The number of hydrogen-bond acceptors (Lipinski definition) is 6. The van der Waals surface area contributed by atoms with Crippen LogP contribution in [0, 0.1) is 10.1 Å². The van der Waals surface area contributed by atoms with Crippen LogP contribution in [0.15, 0.2) is 52.3 Å². The predicted octanol–water partition coefficient (Wildman–Crippen LogP) is 2.26. The van der Waals surface area contributed by atoms with Gasteiger partial charge in [-0.05, 0) is 29.3 Å². The van der Waals surface area contributed by atoms with Crippen LogP contribution in [0.3, 0.4) is 0 Å². The molecule has 0 amide bonds. The van der Waals surface area contributed by atoms with Gasteiger partial charge in [-0.3, -0.25) is 19.2 Å². The van der Waals surface area contributed by atoms with Gasteiger partial charge in [-0.25, -0.2) is 0 Å². The zero-order valence-electron chi connectivity index (χ0n) is 12.3. The van der Waals surface area contributed by atoms with Crippen molar-refractivity contribution >= 4 is 38.1 Å². The van der Waals surface area contributed by atoms with Gasteiger partial charge in [-0.1, -0.05) is 24.3 Å². The lowest BCUT2D eigenvalue weighted by Gasteiger charge is -2.03. The first-order valence-corrected chi connectivity index (χ1v) is 9.38. The van der Waals surface area contributed by atoms with Gasteiger partial charge in [0.05, 0.1) is 9.82 Å². The van der Waals surface area contributed by atoms with E-state index in [1.54, 1.807) is 0 Å². The number of benzene rings is 2. The van der Waals surface area contributed by atoms with E-state index in [1.807, 2.05) is 0 Å². The van der Waals surface area contributed by atoms with E-state index in [-0.39, 0.29) is 10.5 Å². The van der Waals surface area contributed by atoms with E-state index in [0.29, 0.717) is 11.6 Å². The van der Waals surface area contributed by atoms with E-state index in [9.17, 15) is 31.5 Å². The Morgan fingerprint density at radius 2 is 1.60 bits per heavy atom. The SMILES string of the molecule is O=[N+]([O-])c1ccc(C=Cc2cccc(S(=O)(=O)O)c2)c(S(=O)(=O)O)c1. The highest BCUT2D eigenvalue weighted by molar-refractivity contribution is 7.86. The molecule has 2 aromatic rings. The molecule has 0 aliphatic heterocycles. The first kappa shape index (κ1) is 18.7. The molecular weight excluding hydrogens is 374 g/mol. The normalized spacial score (nSPS) is 12.4. The zero-order chi connectivity index (χ0) is 18.8. The van der Waals surface area contributed by atoms with Crippen LogP contribution in [0.4, 0.5) is 5.69 Å². The van der Waals surface area contributed by atoms with E-state index < -0.39 is 35.7 Å². The van der Waals surface area contributed by atoms with Crippen LogP contribution in [0.2, 0.25) is 0 Å². The van der Waals surface area contributed by atoms with Crippen molar-refractivity contribution in [2.45, 2.75) is 9.79 Å². The van der Waals surface area contributed by atoms with Crippen molar-refractivity contribution in [3.8, 4) is 0 Å². The molecule has 0 unspecified atom stereocenters. The van der Waals surface area contributed by atoms with Crippen molar-refractivity contribution < 1.29 is 30.9 Å². The van der Waals surface area contributed by atoms with Crippen LogP contribution in [0.1, 0.15) is 11.1 Å². The molecule has 0 aromatic heterocycles. The van der Waals surface area contributed by atoms with Crippen LogP contribution in [-0.2, 0) is 20.2 Å². The van der Waals surface area contributed by atoms with E-state index in [4.69, 9.17) is 4.55 Å². The molecule has 2 N–H and O–H groups in total. The van der Waals surface area contributed by atoms with Crippen LogP contribution in [0.5, 0.6) is 0 Å². The van der Waals surface area contributed by atoms with Crippen LogP contribution in [-0.4, -0.2) is 30.9 Å². The molecule has 9 nitrogen and oxygen atoms in total. The summed E-state index contributed by atoms with van der Waals surface area (Å²) in [5.41, 5.74) is -0.238. The van der Waals surface area contributed by atoms with Crippen LogP contribution < -0.4 is 0 Å². The fourth-order valence-electron chi connectivity index (χ4n) is 1.96. The number of non-ortho nitro benzene ring substituents is 1. The average molecular weight is 385 g/mol. The lowest BCUT2D eigenvalue weighted by atomic mass is 10.1. The summed E-state index contributed by atoms with van der Waals surface area (Å²) in [6.45, 7) is 0. The molecule has 0 aliphatic rings. The molecule has 0 saturated heterocycles. The van der Waals surface area contributed by atoms with Gasteiger partial charge in [-0.15, -0.1) is 0 Å². The van der Waals surface area contributed by atoms with Crippen molar-refractivity contribution in [3.05, 3.63) is 63.7 Å². The topological polar surface area (TPSA) is 152 Å². The maximum atomic E-state index is 11.4.